The van der Waals surface area contributed by atoms with E-state index >= 15 is 0 Å². The van der Waals surface area contributed by atoms with E-state index in [0.29, 0.717) is 34.1 Å². The second-order valence-electron chi connectivity index (χ2n) is 22.3. The van der Waals surface area contributed by atoms with E-state index in [4.69, 9.17) is 9.47 Å². The molecule has 22 heteroatoms. The topological polar surface area (TPSA) is 185 Å². The molecule has 8 amide bonds. The van der Waals surface area contributed by atoms with Crippen LogP contribution in [0, 0.1) is 61.2 Å². The number of aryl methyl sites for hydroxylation is 2. The number of rotatable bonds is 20. The maximum Gasteiger partial charge on any atom is 0.317 e. The first-order valence-corrected chi connectivity index (χ1v) is 27.5. The van der Waals surface area contributed by atoms with Crippen LogP contribution in [0.2, 0.25) is 0 Å². The van der Waals surface area contributed by atoms with Crippen LogP contribution in [0.3, 0.4) is 0 Å². The van der Waals surface area contributed by atoms with Gasteiger partial charge in [0.1, 0.15) is 12.2 Å². The molecule has 4 heterocycles. The predicted molar refractivity (Wildman–Crippen MR) is 292 cm³/mol. The summed E-state index contributed by atoms with van der Waals surface area (Å²) in [6, 6.07) is 24.4. The van der Waals surface area contributed by atoms with Gasteiger partial charge in [-0.1, -0.05) is 125 Å². The number of benzene rings is 4. The normalized spacial score (nSPS) is 23.2. The van der Waals surface area contributed by atoms with Gasteiger partial charge in [-0.25, -0.2) is 36.1 Å². The molecular formula is C62H66F6N4O11Y. The van der Waals surface area contributed by atoms with Crippen LogP contribution >= 0.6 is 0 Å². The summed E-state index contributed by atoms with van der Waals surface area (Å²) in [5.74, 6) is -26.6. The number of esters is 1. The molecule has 0 aromatic heterocycles. The van der Waals surface area contributed by atoms with Crippen molar-refractivity contribution in [3.63, 3.8) is 0 Å². The van der Waals surface area contributed by atoms with Crippen molar-refractivity contribution in [1.29, 1.82) is 0 Å². The number of nitrogens with zero attached hydrogens (tertiary/aromatic N) is 4. The fraction of sp³-hybridized carbons (Fsp3) is 0.468. The second kappa shape index (κ2) is 25.2. The summed E-state index contributed by atoms with van der Waals surface area (Å²) in [5, 5.41) is 0. The van der Waals surface area contributed by atoms with Crippen molar-refractivity contribution < 1.29 is 112 Å². The van der Waals surface area contributed by atoms with Crippen molar-refractivity contribution in [3.05, 3.63) is 96.1 Å². The molecule has 8 atom stereocenters. The molecule has 4 saturated heterocycles. The van der Waals surface area contributed by atoms with Crippen LogP contribution < -0.4 is 19.3 Å². The summed E-state index contributed by atoms with van der Waals surface area (Å²) in [5.41, 5.74) is 4.98. The Labute approximate surface area is 508 Å². The van der Waals surface area contributed by atoms with E-state index in [1.165, 1.54) is 51.6 Å². The minimum Gasteiger partial charge on any atom is -0.491 e. The molecule has 0 bridgehead atoms. The van der Waals surface area contributed by atoms with Gasteiger partial charge in [0, 0.05) is 53.2 Å². The zero-order chi connectivity index (χ0) is 59.5. The van der Waals surface area contributed by atoms with Crippen molar-refractivity contribution in [2.75, 3.05) is 30.5 Å². The largest absolute Gasteiger partial charge is 0.491 e. The third-order valence-corrected chi connectivity index (χ3v) is 16.7. The molecule has 1 radical (unpaired) electrons. The second-order valence-corrected chi connectivity index (χ2v) is 22.3. The minimum absolute atomic E-state index is 0. The standard InChI is InChI=1S/C31H28F6N2O6.C30H34N2O5.CH4.Y/c1-4-29(32,33)13-31(36,37)14-30(34,35)12-20(40)45-19-11-17(16-7-5-15(2)6-8-16)9-10-18(19)39-27(43)23-21-22(24(23)28(39)44)26(42)38(3)25(21)41;1-4-5-6-7-8-9-16-37-22-17-20(19-12-10-18(2)11-13-19)14-15-21(22)32-29(35)25-23-24(26(25)30(32)36)28(34)31(3)27(23)33;;/h5-11,21-24H,4,12-14H2,1-3H3;10-15,17,23-26H,4-9,16H2,1-3H3;1H4;. The molecule has 445 valence electrons. The number of ether oxygens (including phenoxy) is 2. The van der Waals surface area contributed by atoms with Crippen LogP contribution in [-0.4, -0.2) is 101 Å². The smallest absolute Gasteiger partial charge is 0.317 e. The number of unbranched alkanes of at least 4 members (excludes halogenated alkanes) is 5. The first-order chi connectivity index (χ1) is 38.7. The quantitative estimate of drug-likeness (QED) is 0.0270. The van der Waals surface area contributed by atoms with Crippen molar-refractivity contribution in [2.45, 2.75) is 117 Å². The summed E-state index contributed by atoms with van der Waals surface area (Å²) >= 11 is 0. The van der Waals surface area contributed by atoms with Gasteiger partial charge in [-0.15, -0.1) is 0 Å². The summed E-state index contributed by atoms with van der Waals surface area (Å²) in [6.45, 7) is 7.45. The molecule has 8 unspecified atom stereocenters. The molecule has 2 saturated carbocycles. The first kappa shape index (κ1) is 64.9. The van der Waals surface area contributed by atoms with Gasteiger partial charge in [0.25, 0.3) is 17.8 Å². The Morgan fingerprint density at radius 2 is 0.810 bits per heavy atom. The Morgan fingerprint density at radius 1 is 0.464 bits per heavy atom. The molecule has 0 spiro atoms. The van der Waals surface area contributed by atoms with Gasteiger partial charge in [-0.05, 0) is 66.8 Å². The van der Waals surface area contributed by atoms with Gasteiger partial charge in [-0.2, -0.15) is 0 Å². The van der Waals surface area contributed by atoms with Crippen LogP contribution in [0.15, 0.2) is 84.9 Å². The van der Waals surface area contributed by atoms with Crippen molar-refractivity contribution >= 4 is 64.6 Å². The third kappa shape index (κ3) is 12.3. The monoisotopic (exact) mass is 1250 g/mol. The maximum absolute atomic E-state index is 14.6. The average molecular weight is 1250 g/mol. The van der Waals surface area contributed by atoms with E-state index < -0.39 is 138 Å². The third-order valence-electron chi connectivity index (χ3n) is 16.7. The number of imide groups is 4. The molecule has 4 aromatic carbocycles. The van der Waals surface area contributed by atoms with Gasteiger partial charge in [0.15, 0.2) is 5.75 Å². The first-order valence-electron chi connectivity index (χ1n) is 27.5. The van der Waals surface area contributed by atoms with Crippen LogP contribution in [0.4, 0.5) is 37.7 Å². The SMILES string of the molecule is C.CCC(F)(F)CC(F)(F)CC(F)(F)CC(=O)Oc1cc(-c2ccc(C)cc2)ccc1N1C(=O)C2C3C(=O)N(C)C(=O)C3C2C1=O.CCCCCCCCOc1cc(-c2ccc(C)cc2)ccc1N1C(=O)C2C3C(=O)N(C)C(=O)C3C2C1=O.[Y]. The number of alkyl halides is 6. The molecule has 0 N–H and O–H groups in total. The summed E-state index contributed by atoms with van der Waals surface area (Å²) in [4.78, 5) is 121. The molecule has 6 aliphatic rings. The van der Waals surface area contributed by atoms with Crippen molar-refractivity contribution in [3.8, 4) is 33.8 Å². The number of carbonyl (C=O) groups is 9. The molecule has 10 rings (SSSR count). The molecule has 2 aliphatic carbocycles. The van der Waals surface area contributed by atoms with Crippen molar-refractivity contribution in [2.24, 2.45) is 47.3 Å². The Balaban J connectivity index is 0.000000239. The Bertz CT molecular complexity index is 3190. The van der Waals surface area contributed by atoms with Gasteiger partial charge < -0.3 is 9.47 Å². The van der Waals surface area contributed by atoms with Gasteiger partial charge in [0.05, 0.1) is 78.2 Å². The number of halogens is 6. The summed E-state index contributed by atoms with van der Waals surface area (Å²) in [6.07, 6.45) is -0.661. The fourth-order valence-electron chi connectivity index (χ4n) is 12.2. The van der Waals surface area contributed by atoms with E-state index in [-0.39, 0.29) is 57.6 Å². The van der Waals surface area contributed by atoms with Crippen LogP contribution in [0.5, 0.6) is 11.5 Å². The Kier molecular flexibility index (Phi) is 19.4. The van der Waals surface area contributed by atoms with E-state index in [1.807, 2.05) is 50.2 Å². The molecule has 4 aromatic rings. The van der Waals surface area contributed by atoms with E-state index in [0.717, 1.165) is 63.1 Å². The molecule has 84 heavy (non-hydrogen) atoms. The van der Waals surface area contributed by atoms with E-state index in [2.05, 4.69) is 6.92 Å². The van der Waals surface area contributed by atoms with E-state index in [9.17, 15) is 69.5 Å². The molecule has 6 fully saturated rings. The number of anilines is 2. The molecule has 4 aliphatic heterocycles. The average Bonchev–Trinajstić information content (AvgIpc) is 3.44. The van der Waals surface area contributed by atoms with Crippen LogP contribution in [0.1, 0.15) is 96.6 Å². The number of amides is 8. The number of fused-ring (bicyclic) bond motifs is 8. The van der Waals surface area contributed by atoms with Crippen molar-refractivity contribution in [1.82, 2.24) is 9.80 Å². The number of likely N-dealkylation sites (tertiary alicyclic amines) is 2. The van der Waals surface area contributed by atoms with Gasteiger partial charge in [0.2, 0.25) is 47.3 Å². The van der Waals surface area contributed by atoms with Gasteiger partial charge in [-0.3, -0.25) is 53.0 Å². The summed E-state index contributed by atoms with van der Waals surface area (Å²) < 4.78 is 95.8. The predicted octanol–water partition coefficient (Wildman–Crippen LogP) is 10.8. The number of carbonyl (C=O) groups excluding carboxylic acids is 9. The zero-order valence-electron chi connectivity index (χ0n) is 46.6. The summed E-state index contributed by atoms with van der Waals surface area (Å²) in [7, 11) is 2.66. The number of hydrogen-bond acceptors (Lipinski definition) is 11. The maximum atomic E-state index is 14.6. The van der Waals surface area contributed by atoms with Crippen LogP contribution in [0.25, 0.3) is 22.3 Å². The minimum atomic E-state index is -4.51. The fourth-order valence-corrected chi connectivity index (χ4v) is 12.2. The van der Waals surface area contributed by atoms with Gasteiger partial charge >= 0.3 is 5.97 Å². The Hall–Kier alpha value is -6.61. The Morgan fingerprint density at radius 3 is 1.21 bits per heavy atom. The van der Waals surface area contributed by atoms with Crippen LogP contribution in [-0.2, 0) is 75.9 Å². The zero-order valence-corrected chi connectivity index (χ0v) is 49.4. The molecule has 15 nitrogen and oxygen atoms in total. The van der Waals surface area contributed by atoms with E-state index in [1.54, 1.807) is 30.3 Å². The number of hydrogen-bond donors (Lipinski definition) is 0. The molecular weight excluding hydrogens is 1180 g/mol.